The van der Waals surface area contributed by atoms with E-state index in [4.69, 9.17) is 5.73 Å². The van der Waals surface area contributed by atoms with Gasteiger partial charge < -0.3 is 5.73 Å². The summed E-state index contributed by atoms with van der Waals surface area (Å²) in [6.07, 6.45) is -0.330. The van der Waals surface area contributed by atoms with Crippen molar-refractivity contribution in [2.24, 2.45) is 5.73 Å². The number of nitrogens with two attached hydrogens (primary N) is 1. The van der Waals surface area contributed by atoms with E-state index >= 15 is 0 Å². The fourth-order valence-electron chi connectivity index (χ4n) is 1.29. The molecule has 3 nitrogen and oxygen atoms in total. The molecule has 1 amide bonds. The molecule has 0 aromatic rings. The van der Waals surface area contributed by atoms with Crippen LogP contribution < -0.4 is 5.73 Å². The summed E-state index contributed by atoms with van der Waals surface area (Å²) in [5, 5.41) is 0. The third kappa shape index (κ3) is 2.67. The lowest BCUT2D eigenvalue weighted by atomic mass is 10.2. The molecule has 0 radical (unpaired) electrons. The zero-order chi connectivity index (χ0) is 10.1. The van der Waals surface area contributed by atoms with Gasteiger partial charge in [-0.25, -0.2) is 8.78 Å². The highest BCUT2D eigenvalue weighted by Crippen LogP contribution is 2.30. The number of rotatable bonds is 0. The number of nitrogens with zero attached hydrogens (tertiary/aromatic N) is 1. The van der Waals surface area contributed by atoms with Crippen LogP contribution in [0, 0.1) is 11.8 Å². The van der Waals surface area contributed by atoms with Crippen molar-refractivity contribution in [1.29, 1.82) is 0 Å². The molecule has 0 aromatic heterocycles. The van der Waals surface area contributed by atoms with Crippen LogP contribution in [0.5, 0.6) is 0 Å². The molecule has 1 saturated heterocycles. The summed E-state index contributed by atoms with van der Waals surface area (Å²) in [6.45, 7) is -0.314. The number of primary amides is 1. The lowest BCUT2D eigenvalue weighted by Gasteiger charge is -2.10. The topological polar surface area (TPSA) is 46.3 Å². The Morgan fingerprint density at radius 2 is 2.31 bits per heavy atom. The number of hydrogen-bond acceptors (Lipinski definition) is 2. The zero-order valence-corrected chi connectivity index (χ0v) is 7.18. The van der Waals surface area contributed by atoms with Gasteiger partial charge in [-0.3, -0.25) is 9.69 Å². The average molecular weight is 188 g/mol. The molecule has 0 aliphatic carbocycles. The summed E-state index contributed by atoms with van der Waals surface area (Å²) in [5.74, 6) is 0.986. The normalized spacial score (nSPS) is 26.5. The molecule has 1 atom stereocenters. The summed E-state index contributed by atoms with van der Waals surface area (Å²) in [4.78, 5) is 11.7. The van der Waals surface area contributed by atoms with Gasteiger partial charge in [0.15, 0.2) is 0 Å². The molecular formula is C8H10F2N2O. The molecule has 5 heteroatoms. The SMILES string of the molecule is CN1CC(F)(F)CC1C#CC(N)=O. The molecule has 0 saturated carbocycles. The van der Waals surface area contributed by atoms with Crippen LogP contribution in [0.2, 0.25) is 0 Å². The van der Waals surface area contributed by atoms with Crippen LogP contribution >= 0.6 is 0 Å². The monoisotopic (exact) mass is 188 g/mol. The molecule has 1 unspecified atom stereocenters. The first-order valence-electron chi connectivity index (χ1n) is 3.80. The number of amides is 1. The van der Waals surface area contributed by atoms with Gasteiger partial charge in [-0.05, 0) is 13.0 Å². The first kappa shape index (κ1) is 9.93. The second kappa shape index (κ2) is 3.30. The Morgan fingerprint density at radius 1 is 1.69 bits per heavy atom. The van der Waals surface area contributed by atoms with Gasteiger partial charge in [0.25, 0.3) is 11.8 Å². The first-order valence-corrected chi connectivity index (χ1v) is 3.80. The fraction of sp³-hybridized carbons (Fsp3) is 0.625. The van der Waals surface area contributed by atoms with E-state index in [1.807, 2.05) is 0 Å². The molecule has 0 spiro atoms. The van der Waals surface area contributed by atoms with Crippen molar-refractivity contribution in [2.75, 3.05) is 13.6 Å². The summed E-state index contributed by atoms with van der Waals surface area (Å²) in [5.41, 5.74) is 4.77. The summed E-state index contributed by atoms with van der Waals surface area (Å²) in [7, 11) is 1.54. The van der Waals surface area contributed by atoms with Crippen LogP contribution in [0.1, 0.15) is 6.42 Å². The van der Waals surface area contributed by atoms with Gasteiger partial charge in [-0.1, -0.05) is 5.92 Å². The molecule has 0 bridgehead atoms. The van der Waals surface area contributed by atoms with Crippen LogP contribution in [0.3, 0.4) is 0 Å². The Kier molecular flexibility index (Phi) is 2.52. The maximum atomic E-state index is 12.7. The van der Waals surface area contributed by atoms with Gasteiger partial charge in [-0.15, -0.1) is 0 Å². The largest absolute Gasteiger partial charge is 0.359 e. The zero-order valence-electron chi connectivity index (χ0n) is 7.18. The van der Waals surface area contributed by atoms with Crippen molar-refractivity contribution in [3.8, 4) is 11.8 Å². The van der Waals surface area contributed by atoms with Gasteiger partial charge in [0.1, 0.15) is 0 Å². The van der Waals surface area contributed by atoms with Crippen molar-refractivity contribution in [2.45, 2.75) is 18.4 Å². The predicted octanol–water partition coefficient (Wildman–Crippen LogP) is -0.186. The van der Waals surface area contributed by atoms with E-state index < -0.39 is 17.9 Å². The minimum absolute atomic E-state index is 0.314. The minimum Gasteiger partial charge on any atom is -0.359 e. The van der Waals surface area contributed by atoms with E-state index in [0.717, 1.165) is 0 Å². The van der Waals surface area contributed by atoms with Gasteiger partial charge in [0.2, 0.25) is 0 Å². The predicted molar refractivity (Wildman–Crippen MR) is 43.0 cm³/mol. The Hall–Kier alpha value is -1.15. The molecule has 1 heterocycles. The van der Waals surface area contributed by atoms with Crippen molar-refractivity contribution in [1.82, 2.24) is 4.90 Å². The number of hydrogen-bond donors (Lipinski definition) is 1. The second-order valence-electron chi connectivity index (χ2n) is 3.12. The molecule has 2 N–H and O–H groups in total. The van der Waals surface area contributed by atoms with E-state index in [1.54, 1.807) is 7.05 Å². The smallest absolute Gasteiger partial charge is 0.293 e. The number of likely N-dealkylation sites (tertiary alicyclic amines) is 1. The van der Waals surface area contributed by atoms with E-state index in [2.05, 4.69) is 11.8 Å². The van der Waals surface area contributed by atoms with Crippen molar-refractivity contribution >= 4 is 5.91 Å². The lowest BCUT2D eigenvalue weighted by Crippen LogP contribution is -2.25. The van der Waals surface area contributed by atoms with Crippen LogP contribution in [0.25, 0.3) is 0 Å². The molecule has 1 aliphatic heterocycles. The highest BCUT2D eigenvalue weighted by atomic mass is 19.3. The summed E-state index contributed by atoms with van der Waals surface area (Å²) in [6, 6.07) is -0.567. The Balaban J connectivity index is 2.65. The van der Waals surface area contributed by atoms with Crippen molar-refractivity contribution < 1.29 is 13.6 Å². The molecule has 13 heavy (non-hydrogen) atoms. The number of halogens is 2. The van der Waals surface area contributed by atoms with Gasteiger partial charge in [0.05, 0.1) is 12.6 Å². The lowest BCUT2D eigenvalue weighted by molar-refractivity contribution is -0.112. The number of carbonyl (C=O) groups excluding carboxylic acids is 1. The molecular weight excluding hydrogens is 178 g/mol. The standard InChI is InChI=1S/C8H10F2N2O/c1-12-5-8(9,10)4-6(12)2-3-7(11)13/h6H,4-5H2,1H3,(H2,11,13). The molecule has 72 valence electrons. The maximum absolute atomic E-state index is 12.7. The van der Waals surface area contributed by atoms with Crippen LogP contribution in [-0.4, -0.2) is 36.4 Å². The first-order chi connectivity index (χ1) is 5.91. The highest BCUT2D eigenvalue weighted by Gasteiger charge is 2.42. The molecule has 0 aromatic carbocycles. The van der Waals surface area contributed by atoms with E-state index in [0.29, 0.717) is 0 Å². The van der Waals surface area contributed by atoms with Crippen LogP contribution in [-0.2, 0) is 4.79 Å². The summed E-state index contributed by atoms with van der Waals surface area (Å²) < 4.78 is 25.5. The number of alkyl halides is 2. The van der Waals surface area contributed by atoms with Crippen molar-refractivity contribution in [3.05, 3.63) is 0 Å². The van der Waals surface area contributed by atoms with E-state index in [1.165, 1.54) is 4.90 Å². The Morgan fingerprint density at radius 3 is 2.69 bits per heavy atom. The fourth-order valence-corrected chi connectivity index (χ4v) is 1.29. The highest BCUT2D eigenvalue weighted by molar-refractivity contribution is 5.92. The maximum Gasteiger partial charge on any atom is 0.293 e. The second-order valence-corrected chi connectivity index (χ2v) is 3.12. The minimum atomic E-state index is -2.70. The van der Waals surface area contributed by atoms with Crippen LogP contribution in [0.15, 0.2) is 0 Å². The van der Waals surface area contributed by atoms with Gasteiger partial charge >= 0.3 is 0 Å². The van der Waals surface area contributed by atoms with Gasteiger partial charge in [-0.2, -0.15) is 0 Å². The molecule has 1 aliphatic rings. The quantitative estimate of drug-likeness (QED) is 0.536. The van der Waals surface area contributed by atoms with E-state index in [9.17, 15) is 13.6 Å². The van der Waals surface area contributed by atoms with Crippen LogP contribution in [0.4, 0.5) is 8.78 Å². The van der Waals surface area contributed by atoms with Crippen molar-refractivity contribution in [3.63, 3.8) is 0 Å². The van der Waals surface area contributed by atoms with E-state index in [-0.39, 0.29) is 13.0 Å². The number of carbonyl (C=O) groups is 1. The third-order valence-corrected chi connectivity index (χ3v) is 1.87. The Bertz CT molecular complexity index is 280. The van der Waals surface area contributed by atoms with Gasteiger partial charge in [0, 0.05) is 6.42 Å². The summed E-state index contributed by atoms with van der Waals surface area (Å²) >= 11 is 0. The molecule has 1 rings (SSSR count). The average Bonchev–Trinajstić information content (AvgIpc) is 2.20. The Labute approximate surface area is 74.9 Å². The third-order valence-electron chi connectivity index (χ3n) is 1.87. The molecule has 1 fully saturated rings.